The van der Waals surface area contributed by atoms with Gasteiger partial charge in [0.2, 0.25) is 0 Å². The molecule has 0 bridgehead atoms. The Hall–Kier alpha value is -1.06. The van der Waals surface area contributed by atoms with Gasteiger partial charge in [-0.05, 0) is 48.9 Å². The summed E-state index contributed by atoms with van der Waals surface area (Å²) in [5.41, 5.74) is 2.27. The highest BCUT2D eigenvalue weighted by Gasteiger charge is 2.44. The summed E-state index contributed by atoms with van der Waals surface area (Å²) in [6.07, 6.45) is 3.13. The van der Waals surface area contributed by atoms with Crippen LogP contribution in [0.3, 0.4) is 0 Å². The number of benzene rings is 1. The first-order chi connectivity index (χ1) is 8.22. The minimum absolute atomic E-state index is 0.139. The molecule has 1 saturated heterocycles. The molecule has 1 aliphatic carbocycles. The topological polar surface area (TPSA) is 49.7 Å². The molecule has 1 fully saturated rings. The maximum Gasteiger partial charge on any atom is 0.115 e. The van der Waals surface area contributed by atoms with Crippen molar-refractivity contribution >= 4 is 0 Å². The summed E-state index contributed by atoms with van der Waals surface area (Å²) in [7, 11) is 0. The van der Waals surface area contributed by atoms with Gasteiger partial charge in [0, 0.05) is 18.6 Å². The number of hydrogen-bond acceptors (Lipinski definition) is 3. The molecule has 2 aliphatic rings. The predicted octanol–water partition coefficient (Wildman–Crippen LogP) is 1.75. The van der Waals surface area contributed by atoms with E-state index >= 15 is 0 Å². The lowest BCUT2D eigenvalue weighted by molar-refractivity contribution is -0.0237. The van der Waals surface area contributed by atoms with Crippen LogP contribution in [-0.2, 0) is 16.6 Å². The summed E-state index contributed by atoms with van der Waals surface area (Å²) < 4.78 is 5.42. The highest BCUT2D eigenvalue weighted by atomic mass is 16.5. The quantitative estimate of drug-likeness (QED) is 0.719. The minimum atomic E-state index is -0.275. The smallest absolute Gasteiger partial charge is 0.115 e. The van der Waals surface area contributed by atoms with Crippen molar-refractivity contribution in [3.63, 3.8) is 0 Å². The Morgan fingerprint density at radius 3 is 2.76 bits per heavy atom. The van der Waals surface area contributed by atoms with Crippen LogP contribution in [0.2, 0.25) is 0 Å². The fourth-order valence-corrected chi connectivity index (χ4v) is 3.36. The van der Waals surface area contributed by atoms with Crippen molar-refractivity contribution in [3.8, 4) is 5.75 Å². The zero-order valence-electron chi connectivity index (χ0n) is 9.85. The predicted molar refractivity (Wildman–Crippen MR) is 64.2 cm³/mol. The normalized spacial score (nSPS) is 26.8. The molecule has 0 radical (unpaired) electrons. The van der Waals surface area contributed by atoms with Crippen molar-refractivity contribution < 1.29 is 14.9 Å². The Bertz CT molecular complexity index is 421. The van der Waals surface area contributed by atoms with Crippen LogP contribution in [0.25, 0.3) is 0 Å². The van der Waals surface area contributed by atoms with E-state index in [-0.39, 0.29) is 11.5 Å². The number of phenols is 1. The van der Waals surface area contributed by atoms with Gasteiger partial charge in [-0.25, -0.2) is 0 Å². The molecule has 1 aromatic carbocycles. The van der Waals surface area contributed by atoms with E-state index in [0.717, 1.165) is 38.9 Å². The number of hydrogen-bond donors (Lipinski definition) is 2. The Morgan fingerprint density at radius 1 is 1.24 bits per heavy atom. The summed E-state index contributed by atoms with van der Waals surface area (Å²) in [6, 6.07) is 5.56. The largest absolute Gasteiger partial charge is 0.508 e. The van der Waals surface area contributed by atoms with Crippen molar-refractivity contribution in [2.45, 2.75) is 37.2 Å². The number of fused-ring (bicyclic) bond motifs is 2. The molecule has 0 aromatic heterocycles. The molecule has 3 rings (SSSR count). The third-order valence-electron chi connectivity index (χ3n) is 4.34. The average molecular weight is 234 g/mol. The molecule has 0 amide bonds. The van der Waals surface area contributed by atoms with Gasteiger partial charge in [0.1, 0.15) is 5.75 Å². The van der Waals surface area contributed by atoms with Gasteiger partial charge in [-0.3, -0.25) is 0 Å². The Labute approximate surface area is 101 Å². The van der Waals surface area contributed by atoms with Gasteiger partial charge in [0.05, 0.1) is 6.10 Å². The SMILES string of the molecule is Oc1ccc2c(c1)CCC(O)C21CCOCC1. The van der Waals surface area contributed by atoms with Crippen molar-refractivity contribution in [3.05, 3.63) is 29.3 Å². The Kier molecular flexibility index (Phi) is 2.60. The molecule has 3 heteroatoms. The molecule has 1 atom stereocenters. The number of aliphatic hydroxyl groups excluding tert-OH is 1. The van der Waals surface area contributed by atoms with E-state index < -0.39 is 0 Å². The highest BCUT2D eigenvalue weighted by Crippen LogP contribution is 2.45. The number of aliphatic hydroxyl groups is 1. The average Bonchev–Trinajstić information content (AvgIpc) is 2.35. The van der Waals surface area contributed by atoms with Crippen molar-refractivity contribution in [2.75, 3.05) is 13.2 Å². The van der Waals surface area contributed by atoms with Crippen LogP contribution in [0.4, 0.5) is 0 Å². The monoisotopic (exact) mass is 234 g/mol. The molecule has 3 nitrogen and oxygen atoms in total. The standard InChI is InChI=1S/C14H18O3/c15-11-2-3-12-10(9-11)1-4-13(16)14(12)5-7-17-8-6-14/h2-3,9,13,15-16H,1,4-8H2. The molecular formula is C14H18O3. The minimum Gasteiger partial charge on any atom is -0.508 e. The summed E-state index contributed by atoms with van der Waals surface area (Å²) in [5.74, 6) is 0.322. The van der Waals surface area contributed by atoms with Crippen LogP contribution in [0, 0.1) is 0 Å². The second-order valence-electron chi connectivity index (χ2n) is 5.16. The van der Waals surface area contributed by atoms with E-state index in [9.17, 15) is 10.2 Å². The van der Waals surface area contributed by atoms with Gasteiger partial charge in [0.15, 0.2) is 0 Å². The molecule has 1 unspecified atom stereocenters. The summed E-state index contributed by atoms with van der Waals surface area (Å²) in [6.45, 7) is 1.44. The molecule has 17 heavy (non-hydrogen) atoms. The molecule has 1 aromatic rings. The van der Waals surface area contributed by atoms with E-state index in [4.69, 9.17) is 4.74 Å². The molecule has 1 spiro atoms. The van der Waals surface area contributed by atoms with Gasteiger partial charge >= 0.3 is 0 Å². The van der Waals surface area contributed by atoms with Gasteiger partial charge in [-0.1, -0.05) is 6.07 Å². The van der Waals surface area contributed by atoms with Gasteiger partial charge in [0.25, 0.3) is 0 Å². The second-order valence-corrected chi connectivity index (χ2v) is 5.16. The van der Waals surface area contributed by atoms with Gasteiger partial charge in [-0.2, -0.15) is 0 Å². The summed E-state index contributed by atoms with van der Waals surface area (Å²) in [5, 5.41) is 19.9. The van der Waals surface area contributed by atoms with Gasteiger partial charge in [-0.15, -0.1) is 0 Å². The fourth-order valence-electron chi connectivity index (χ4n) is 3.36. The lowest BCUT2D eigenvalue weighted by atomic mass is 9.64. The van der Waals surface area contributed by atoms with Crippen LogP contribution < -0.4 is 0 Å². The maximum absolute atomic E-state index is 10.4. The van der Waals surface area contributed by atoms with Crippen LogP contribution in [-0.4, -0.2) is 29.5 Å². The number of aryl methyl sites for hydroxylation is 1. The third-order valence-corrected chi connectivity index (χ3v) is 4.34. The second kappa shape index (κ2) is 4.00. The first-order valence-corrected chi connectivity index (χ1v) is 6.30. The van der Waals surface area contributed by atoms with E-state index in [1.807, 2.05) is 12.1 Å². The van der Waals surface area contributed by atoms with E-state index in [1.165, 1.54) is 11.1 Å². The molecule has 1 heterocycles. The number of phenolic OH excluding ortho intramolecular Hbond substituents is 1. The lowest BCUT2D eigenvalue weighted by Crippen LogP contribution is -2.47. The number of ether oxygens (including phenoxy) is 1. The zero-order chi connectivity index (χ0) is 11.9. The first kappa shape index (κ1) is 11.1. The molecular weight excluding hydrogens is 216 g/mol. The third kappa shape index (κ3) is 1.65. The van der Waals surface area contributed by atoms with E-state index in [1.54, 1.807) is 6.07 Å². The molecule has 1 aliphatic heterocycles. The summed E-state index contributed by atoms with van der Waals surface area (Å²) >= 11 is 0. The first-order valence-electron chi connectivity index (χ1n) is 6.30. The van der Waals surface area contributed by atoms with Crippen LogP contribution >= 0.6 is 0 Å². The highest BCUT2D eigenvalue weighted by molar-refractivity contribution is 5.43. The van der Waals surface area contributed by atoms with Gasteiger partial charge < -0.3 is 14.9 Å². The molecule has 0 saturated carbocycles. The number of rotatable bonds is 0. The fraction of sp³-hybridized carbons (Fsp3) is 0.571. The van der Waals surface area contributed by atoms with E-state index in [0.29, 0.717) is 5.75 Å². The molecule has 2 N–H and O–H groups in total. The molecule has 92 valence electrons. The van der Waals surface area contributed by atoms with Crippen LogP contribution in [0.5, 0.6) is 5.75 Å². The maximum atomic E-state index is 10.4. The van der Waals surface area contributed by atoms with Crippen LogP contribution in [0.15, 0.2) is 18.2 Å². The van der Waals surface area contributed by atoms with Crippen molar-refractivity contribution in [1.29, 1.82) is 0 Å². The zero-order valence-corrected chi connectivity index (χ0v) is 9.85. The van der Waals surface area contributed by atoms with E-state index in [2.05, 4.69) is 0 Å². The van der Waals surface area contributed by atoms with Crippen LogP contribution in [0.1, 0.15) is 30.4 Å². The Morgan fingerprint density at radius 2 is 2.00 bits per heavy atom. The summed E-state index contributed by atoms with van der Waals surface area (Å²) in [4.78, 5) is 0. The number of aromatic hydroxyl groups is 1. The van der Waals surface area contributed by atoms with Crippen molar-refractivity contribution in [1.82, 2.24) is 0 Å². The van der Waals surface area contributed by atoms with Crippen molar-refractivity contribution in [2.24, 2.45) is 0 Å². The Balaban J connectivity index is 2.09. The lowest BCUT2D eigenvalue weighted by Gasteiger charge is -2.45.